The van der Waals surface area contributed by atoms with E-state index in [9.17, 15) is 19.5 Å². The van der Waals surface area contributed by atoms with E-state index in [1.54, 1.807) is 6.07 Å². The summed E-state index contributed by atoms with van der Waals surface area (Å²) < 4.78 is 1.67. The second-order valence-corrected chi connectivity index (χ2v) is 10.9. The van der Waals surface area contributed by atoms with Crippen LogP contribution < -0.4 is 10.6 Å². The van der Waals surface area contributed by atoms with Crippen LogP contribution in [0, 0.1) is 25.7 Å². The first-order chi connectivity index (χ1) is 16.3. The van der Waals surface area contributed by atoms with Crippen molar-refractivity contribution in [2.75, 3.05) is 16.4 Å². The van der Waals surface area contributed by atoms with Gasteiger partial charge in [-0.05, 0) is 62.1 Å². The number of hydrogen-bond acceptors (Lipinski definition) is 6. The van der Waals surface area contributed by atoms with Gasteiger partial charge in [-0.15, -0.1) is 11.3 Å². The molecule has 2 amide bonds. The maximum absolute atomic E-state index is 12.8. The Balaban J connectivity index is 1.38. The van der Waals surface area contributed by atoms with Crippen molar-refractivity contribution in [3.05, 3.63) is 47.5 Å². The van der Waals surface area contributed by atoms with Crippen LogP contribution in [0.5, 0.6) is 0 Å². The maximum Gasteiger partial charge on any atom is 0.307 e. The van der Waals surface area contributed by atoms with Crippen LogP contribution in [0.4, 0.5) is 11.4 Å². The number of carbonyl (C=O) groups is 3. The average molecular weight is 498 g/mol. The summed E-state index contributed by atoms with van der Waals surface area (Å²) in [5, 5.41) is 15.3. The molecule has 1 heterocycles. The normalized spacial score (nSPS) is 17.9. The first-order valence-corrected chi connectivity index (χ1v) is 13.0. The summed E-state index contributed by atoms with van der Waals surface area (Å²) in [4.78, 5) is 41.3. The summed E-state index contributed by atoms with van der Waals surface area (Å²) in [6.45, 7) is 3.95. The van der Waals surface area contributed by atoms with Gasteiger partial charge in [0.2, 0.25) is 11.8 Å². The van der Waals surface area contributed by atoms with Gasteiger partial charge in [0.25, 0.3) is 0 Å². The molecule has 4 rings (SSSR count). The van der Waals surface area contributed by atoms with Gasteiger partial charge < -0.3 is 15.7 Å². The van der Waals surface area contributed by atoms with Crippen molar-refractivity contribution in [2.24, 2.45) is 11.8 Å². The zero-order chi connectivity index (χ0) is 24.2. The molecule has 7 nitrogen and oxygen atoms in total. The van der Waals surface area contributed by atoms with Crippen molar-refractivity contribution in [2.45, 2.75) is 43.9 Å². The molecule has 1 aliphatic rings. The average Bonchev–Trinajstić information content (AvgIpc) is 3.22. The predicted molar refractivity (Wildman–Crippen MR) is 137 cm³/mol. The number of aliphatic carboxylic acids is 1. The third-order valence-electron chi connectivity index (χ3n) is 6.05. The minimum atomic E-state index is -0.902. The number of benzene rings is 2. The lowest BCUT2D eigenvalue weighted by molar-refractivity contribution is -0.147. The highest BCUT2D eigenvalue weighted by atomic mass is 32.2. The third kappa shape index (κ3) is 5.77. The number of fused-ring (bicyclic) bond motifs is 1. The SMILES string of the molecule is Cc1ccc(C)c(NC(=O)CSc2nc3ccc(NC(=O)[C@H]4CCCC[C@H]4C(=O)O)cc3s2)c1. The van der Waals surface area contributed by atoms with Crippen molar-refractivity contribution in [1.29, 1.82) is 0 Å². The molecule has 1 fully saturated rings. The molecule has 34 heavy (non-hydrogen) atoms. The fraction of sp³-hybridized carbons (Fsp3) is 0.360. The van der Waals surface area contributed by atoms with Crippen molar-refractivity contribution in [3.63, 3.8) is 0 Å². The van der Waals surface area contributed by atoms with Gasteiger partial charge in [0, 0.05) is 11.4 Å². The highest BCUT2D eigenvalue weighted by Crippen LogP contribution is 2.34. The van der Waals surface area contributed by atoms with E-state index in [0.29, 0.717) is 18.5 Å². The number of hydrogen-bond donors (Lipinski definition) is 3. The summed E-state index contributed by atoms with van der Waals surface area (Å²) in [7, 11) is 0. The molecule has 0 aliphatic heterocycles. The molecule has 1 aliphatic carbocycles. The standard InChI is InChI=1S/C25H27N3O4S2/c1-14-7-8-15(2)20(11-14)27-22(29)13-33-25-28-19-10-9-16(12-21(19)34-25)26-23(30)17-5-3-4-6-18(17)24(31)32/h7-12,17-18H,3-6,13H2,1-2H3,(H,26,30)(H,27,29)(H,31,32)/t17-,18+/m0/s1. The van der Waals surface area contributed by atoms with Gasteiger partial charge in [0.15, 0.2) is 4.34 Å². The van der Waals surface area contributed by atoms with Crippen LogP contribution in [0.2, 0.25) is 0 Å². The van der Waals surface area contributed by atoms with Crippen LogP contribution >= 0.6 is 23.1 Å². The zero-order valence-electron chi connectivity index (χ0n) is 19.1. The Kier molecular flexibility index (Phi) is 7.53. The van der Waals surface area contributed by atoms with Crippen molar-refractivity contribution in [3.8, 4) is 0 Å². The maximum atomic E-state index is 12.8. The molecule has 178 valence electrons. The molecule has 0 bridgehead atoms. The first-order valence-electron chi connectivity index (χ1n) is 11.2. The van der Waals surface area contributed by atoms with Gasteiger partial charge in [-0.3, -0.25) is 14.4 Å². The Hall–Kier alpha value is -2.91. The molecule has 1 aromatic heterocycles. The van der Waals surface area contributed by atoms with E-state index in [1.165, 1.54) is 23.1 Å². The lowest BCUT2D eigenvalue weighted by Gasteiger charge is -2.27. The number of carbonyl (C=O) groups excluding carboxylic acids is 2. The van der Waals surface area contributed by atoms with Crippen LogP contribution in [0.25, 0.3) is 10.2 Å². The molecular formula is C25H27N3O4S2. The molecule has 2 atom stereocenters. The van der Waals surface area contributed by atoms with E-state index >= 15 is 0 Å². The van der Waals surface area contributed by atoms with E-state index < -0.39 is 17.8 Å². The van der Waals surface area contributed by atoms with E-state index in [4.69, 9.17) is 0 Å². The Morgan fingerprint density at radius 2 is 1.82 bits per heavy atom. The first kappa shape index (κ1) is 24.2. The number of thioether (sulfide) groups is 1. The quantitative estimate of drug-likeness (QED) is 0.373. The van der Waals surface area contributed by atoms with Crippen LogP contribution in [0.3, 0.4) is 0 Å². The van der Waals surface area contributed by atoms with Gasteiger partial charge in [0.05, 0.1) is 27.8 Å². The number of nitrogens with zero attached hydrogens (tertiary/aromatic N) is 1. The molecule has 0 radical (unpaired) electrons. The molecule has 3 N–H and O–H groups in total. The van der Waals surface area contributed by atoms with Gasteiger partial charge in [-0.25, -0.2) is 4.98 Å². The minimum Gasteiger partial charge on any atom is -0.481 e. The van der Waals surface area contributed by atoms with E-state index in [1.807, 2.05) is 44.2 Å². The molecule has 9 heteroatoms. The van der Waals surface area contributed by atoms with Gasteiger partial charge in [0.1, 0.15) is 0 Å². The number of aryl methyl sites for hydroxylation is 2. The largest absolute Gasteiger partial charge is 0.481 e. The lowest BCUT2D eigenvalue weighted by atomic mass is 9.78. The lowest BCUT2D eigenvalue weighted by Crippen LogP contribution is -2.36. The minimum absolute atomic E-state index is 0.0913. The third-order valence-corrected chi connectivity index (χ3v) is 8.21. The van der Waals surface area contributed by atoms with Gasteiger partial charge in [-0.2, -0.15) is 0 Å². The summed E-state index contributed by atoms with van der Waals surface area (Å²) in [5.74, 6) is -2.13. The van der Waals surface area contributed by atoms with E-state index in [2.05, 4.69) is 15.6 Å². The number of anilines is 2. The number of carboxylic acid groups (broad SMARTS) is 1. The van der Waals surface area contributed by atoms with Crippen LogP contribution in [0.15, 0.2) is 40.7 Å². The molecule has 0 saturated heterocycles. The van der Waals surface area contributed by atoms with Crippen molar-refractivity contribution < 1.29 is 19.5 Å². The smallest absolute Gasteiger partial charge is 0.307 e. The van der Waals surface area contributed by atoms with Crippen LogP contribution in [-0.2, 0) is 14.4 Å². The molecule has 3 aromatic rings. The Morgan fingerprint density at radius 3 is 2.59 bits per heavy atom. The number of carboxylic acids is 1. The Labute approximate surface area is 206 Å². The van der Waals surface area contributed by atoms with Crippen LogP contribution in [0.1, 0.15) is 36.8 Å². The Morgan fingerprint density at radius 1 is 1.06 bits per heavy atom. The van der Waals surface area contributed by atoms with Crippen molar-refractivity contribution >= 4 is 62.5 Å². The number of amides is 2. The van der Waals surface area contributed by atoms with Crippen molar-refractivity contribution in [1.82, 2.24) is 4.98 Å². The number of aromatic nitrogens is 1. The van der Waals surface area contributed by atoms with Gasteiger partial charge in [-0.1, -0.05) is 36.7 Å². The molecule has 0 unspecified atom stereocenters. The summed E-state index contributed by atoms with van der Waals surface area (Å²) >= 11 is 2.83. The molecule has 0 spiro atoms. The molecular weight excluding hydrogens is 470 g/mol. The predicted octanol–water partition coefficient (Wildman–Crippen LogP) is 5.47. The fourth-order valence-corrected chi connectivity index (χ4v) is 6.11. The summed E-state index contributed by atoms with van der Waals surface area (Å²) in [6.07, 6.45) is 2.85. The topological polar surface area (TPSA) is 108 Å². The number of rotatable bonds is 7. The monoisotopic (exact) mass is 497 g/mol. The second kappa shape index (κ2) is 10.6. The molecule has 1 saturated carbocycles. The summed E-state index contributed by atoms with van der Waals surface area (Å²) in [6, 6.07) is 11.4. The summed E-state index contributed by atoms with van der Waals surface area (Å²) in [5.41, 5.74) is 4.34. The van der Waals surface area contributed by atoms with Crippen LogP contribution in [-0.4, -0.2) is 33.6 Å². The molecule has 2 aromatic carbocycles. The number of thiazole rings is 1. The van der Waals surface area contributed by atoms with E-state index in [-0.39, 0.29) is 17.6 Å². The number of nitrogens with one attached hydrogen (secondary N) is 2. The second-order valence-electron chi connectivity index (χ2n) is 8.64. The Bertz CT molecular complexity index is 1240. The fourth-order valence-electron chi connectivity index (χ4n) is 4.20. The zero-order valence-corrected chi connectivity index (χ0v) is 20.7. The van der Waals surface area contributed by atoms with E-state index in [0.717, 1.165) is 44.2 Å². The highest BCUT2D eigenvalue weighted by Gasteiger charge is 2.35. The van der Waals surface area contributed by atoms with Gasteiger partial charge >= 0.3 is 5.97 Å². The highest BCUT2D eigenvalue weighted by molar-refractivity contribution is 8.01.